The Hall–Kier alpha value is -3.17. The summed E-state index contributed by atoms with van der Waals surface area (Å²) in [5.41, 5.74) is 4.19. The quantitative estimate of drug-likeness (QED) is 0.465. The summed E-state index contributed by atoms with van der Waals surface area (Å²) in [6.45, 7) is 2.29. The van der Waals surface area contributed by atoms with Gasteiger partial charge in [0.2, 0.25) is 11.9 Å². The van der Waals surface area contributed by atoms with Crippen molar-refractivity contribution >= 4 is 58.0 Å². The lowest BCUT2D eigenvalue weighted by molar-refractivity contribution is -0.121. The van der Waals surface area contributed by atoms with Gasteiger partial charge in [0, 0.05) is 18.7 Å². The second kappa shape index (κ2) is 8.29. The van der Waals surface area contributed by atoms with Gasteiger partial charge in [-0.1, -0.05) is 17.7 Å². The second-order valence-electron chi connectivity index (χ2n) is 6.83. The van der Waals surface area contributed by atoms with Crippen LogP contribution in [0.4, 0.5) is 23.1 Å². The first-order chi connectivity index (χ1) is 14.4. The van der Waals surface area contributed by atoms with Crippen molar-refractivity contribution in [1.29, 1.82) is 0 Å². The van der Waals surface area contributed by atoms with Crippen molar-refractivity contribution < 1.29 is 14.7 Å². The van der Waals surface area contributed by atoms with Gasteiger partial charge in [-0.3, -0.25) is 4.79 Å². The summed E-state index contributed by atoms with van der Waals surface area (Å²) in [5.74, 6) is -0.359. The maximum atomic E-state index is 11.6. The number of carboxylic acids is 1. The first-order valence-electron chi connectivity index (χ1n) is 9.17. The van der Waals surface area contributed by atoms with Crippen LogP contribution >= 0.6 is 22.9 Å². The number of fused-ring (bicyclic) bond motifs is 1. The summed E-state index contributed by atoms with van der Waals surface area (Å²) in [4.78, 5) is 31.9. The van der Waals surface area contributed by atoms with E-state index < -0.39 is 5.97 Å². The van der Waals surface area contributed by atoms with Crippen molar-refractivity contribution in [3.8, 4) is 0 Å². The molecule has 0 spiro atoms. The van der Waals surface area contributed by atoms with Crippen molar-refractivity contribution in [2.75, 3.05) is 10.6 Å². The monoisotopic (exact) mass is 443 g/mol. The number of aryl methyl sites for hydroxylation is 2. The van der Waals surface area contributed by atoms with E-state index in [1.807, 2.05) is 25.1 Å². The number of aromatic carboxylic acids is 1. The van der Waals surface area contributed by atoms with Crippen LogP contribution in [0.1, 0.15) is 32.8 Å². The van der Waals surface area contributed by atoms with Gasteiger partial charge in [0.05, 0.1) is 11.9 Å². The number of nitrogens with one attached hydrogen (secondary N) is 3. The van der Waals surface area contributed by atoms with Crippen LogP contribution in [0.5, 0.6) is 0 Å². The Morgan fingerprint density at radius 2 is 2.10 bits per heavy atom. The van der Waals surface area contributed by atoms with Gasteiger partial charge < -0.3 is 21.1 Å². The van der Waals surface area contributed by atoms with Crippen LogP contribution in [0.15, 0.2) is 29.8 Å². The van der Waals surface area contributed by atoms with Gasteiger partial charge in [0.15, 0.2) is 5.82 Å². The SMILES string of the molecule is Cc1csc(C(=O)O)c1Nc1nc(Nc2ccc3c(c2)CNC(=O)CC3)ncc1Cl. The minimum atomic E-state index is -1.02. The molecule has 2 aromatic heterocycles. The van der Waals surface area contributed by atoms with Gasteiger partial charge in [-0.2, -0.15) is 4.98 Å². The third kappa shape index (κ3) is 4.22. The Labute approximate surface area is 181 Å². The molecule has 0 unspecified atom stereocenters. The number of amides is 1. The van der Waals surface area contributed by atoms with E-state index in [1.165, 1.54) is 6.20 Å². The molecule has 4 N–H and O–H groups in total. The fraction of sp³-hybridized carbons (Fsp3) is 0.200. The molecule has 8 nitrogen and oxygen atoms in total. The first kappa shape index (κ1) is 20.1. The molecular weight excluding hydrogens is 426 g/mol. The number of carbonyl (C=O) groups excluding carboxylic acids is 1. The molecule has 30 heavy (non-hydrogen) atoms. The summed E-state index contributed by atoms with van der Waals surface area (Å²) in [6, 6.07) is 5.85. The average Bonchev–Trinajstić information content (AvgIpc) is 2.97. The third-order valence-corrected chi connectivity index (χ3v) is 6.08. The number of benzene rings is 1. The number of carboxylic acid groups (broad SMARTS) is 1. The third-order valence-electron chi connectivity index (χ3n) is 4.72. The molecule has 1 aliphatic rings. The van der Waals surface area contributed by atoms with Crippen molar-refractivity contribution in [1.82, 2.24) is 15.3 Å². The topological polar surface area (TPSA) is 116 Å². The molecule has 4 rings (SSSR count). The number of halogens is 1. The highest BCUT2D eigenvalue weighted by molar-refractivity contribution is 7.12. The maximum Gasteiger partial charge on any atom is 0.348 e. The zero-order valence-electron chi connectivity index (χ0n) is 16.0. The lowest BCUT2D eigenvalue weighted by Gasteiger charge is -2.12. The molecule has 1 amide bonds. The standard InChI is InChI=1S/C20H18ClN5O3S/c1-10-9-30-17(19(28)29)16(10)25-18-14(21)8-23-20(26-18)24-13-4-2-11-3-5-15(27)22-7-12(11)6-13/h2,4,6,8-9H,3,5,7H2,1H3,(H,22,27)(H,28,29)(H2,23,24,25,26). The Bertz CT molecular complexity index is 1150. The van der Waals surface area contributed by atoms with Crippen LogP contribution < -0.4 is 16.0 Å². The molecule has 0 atom stereocenters. The molecule has 10 heteroatoms. The molecule has 0 fully saturated rings. The van der Waals surface area contributed by atoms with E-state index in [4.69, 9.17) is 11.6 Å². The van der Waals surface area contributed by atoms with E-state index in [1.54, 1.807) is 5.38 Å². The van der Waals surface area contributed by atoms with Crippen LogP contribution in [0.2, 0.25) is 5.02 Å². The lowest BCUT2D eigenvalue weighted by atomic mass is 10.0. The van der Waals surface area contributed by atoms with Crippen LogP contribution in [-0.4, -0.2) is 27.0 Å². The molecule has 1 aliphatic heterocycles. The predicted molar refractivity (Wildman–Crippen MR) is 116 cm³/mol. The highest BCUT2D eigenvalue weighted by Gasteiger charge is 2.18. The molecule has 0 radical (unpaired) electrons. The molecule has 0 saturated carbocycles. The zero-order chi connectivity index (χ0) is 21.3. The number of carbonyl (C=O) groups is 2. The van der Waals surface area contributed by atoms with Crippen LogP contribution in [0, 0.1) is 6.92 Å². The van der Waals surface area contributed by atoms with Gasteiger partial charge in [0.25, 0.3) is 0 Å². The molecular formula is C20H18ClN5O3S. The molecule has 0 aliphatic carbocycles. The number of thiophene rings is 1. The van der Waals surface area contributed by atoms with Crippen LogP contribution in [0.3, 0.4) is 0 Å². The van der Waals surface area contributed by atoms with E-state index in [2.05, 4.69) is 25.9 Å². The number of anilines is 4. The highest BCUT2D eigenvalue weighted by atomic mass is 35.5. The van der Waals surface area contributed by atoms with Gasteiger partial charge in [-0.05, 0) is 47.5 Å². The summed E-state index contributed by atoms with van der Waals surface area (Å²) in [6.07, 6.45) is 2.64. The summed E-state index contributed by atoms with van der Waals surface area (Å²) < 4.78 is 0. The minimum Gasteiger partial charge on any atom is -0.477 e. The van der Waals surface area contributed by atoms with Crippen molar-refractivity contribution in [3.63, 3.8) is 0 Å². The number of rotatable bonds is 5. The summed E-state index contributed by atoms with van der Waals surface area (Å²) >= 11 is 7.36. The fourth-order valence-electron chi connectivity index (χ4n) is 3.16. The Kier molecular flexibility index (Phi) is 5.56. The van der Waals surface area contributed by atoms with E-state index in [9.17, 15) is 14.7 Å². The largest absolute Gasteiger partial charge is 0.477 e. The van der Waals surface area contributed by atoms with Crippen molar-refractivity contribution in [3.05, 3.63) is 56.4 Å². The van der Waals surface area contributed by atoms with Crippen molar-refractivity contribution in [2.45, 2.75) is 26.3 Å². The van der Waals surface area contributed by atoms with Gasteiger partial charge in [-0.25, -0.2) is 9.78 Å². The Morgan fingerprint density at radius 3 is 2.90 bits per heavy atom. The predicted octanol–water partition coefficient (Wildman–Crippen LogP) is 4.25. The van der Waals surface area contributed by atoms with Gasteiger partial charge in [0.1, 0.15) is 9.90 Å². The normalized spacial score (nSPS) is 13.2. The first-order valence-corrected chi connectivity index (χ1v) is 10.4. The molecule has 3 aromatic rings. The number of aromatic nitrogens is 2. The van der Waals surface area contributed by atoms with E-state index >= 15 is 0 Å². The number of nitrogens with zero attached hydrogens (tertiary/aromatic N) is 2. The minimum absolute atomic E-state index is 0.0434. The van der Waals surface area contributed by atoms with E-state index in [0.29, 0.717) is 36.8 Å². The summed E-state index contributed by atoms with van der Waals surface area (Å²) in [5, 5.41) is 20.4. The lowest BCUT2D eigenvalue weighted by Crippen LogP contribution is -2.20. The molecule has 154 valence electrons. The fourth-order valence-corrected chi connectivity index (χ4v) is 4.14. The molecule has 0 bridgehead atoms. The number of hydrogen-bond acceptors (Lipinski definition) is 7. The number of hydrogen-bond donors (Lipinski definition) is 4. The maximum absolute atomic E-state index is 11.6. The second-order valence-corrected chi connectivity index (χ2v) is 8.12. The van der Waals surface area contributed by atoms with Crippen LogP contribution in [-0.2, 0) is 17.8 Å². The Balaban J connectivity index is 1.58. The molecule has 1 aromatic carbocycles. The van der Waals surface area contributed by atoms with Crippen LogP contribution in [0.25, 0.3) is 0 Å². The zero-order valence-corrected chi connectivity index (χ0v) is 17.5. The molecule has 3 heterocycles. The summed E-state index contributed by atoms with van der Waals surface area (Å²) in [7, 11) is 0. The molecule has 0 saturated heterocycles. The average molecular weight is 444 g/mol. The van der Waals surface area contributed by atoms with E-state index in [-0.39, 0.29) is 15.8 Å². The van der Waals surface area contributed by atoms with Crippen molar-refractivity contribution in [2.24, 2.45) is 0 Å². The van der Waals surface area contributed by atoms with Gasteiger partial charge >= 0.3 is 5.97 Å². The van der Waals surface area contributed by atoms with E-state index in [0.717, 1.165) is 33.7 Å². The Morgan fingerprint density at radius 1 is 1.27 bits per heavy atom. The van der Waals surface area contributed by atoms with Gasteiger partial charge in [-0.15, -0.1) is 11.3 Å². The highest BCUT2D eigenvalue weighted by Crippen LogP contribution is 2.33. The smallest absolute Gasteiger partial charge is 0.348 e.